The van der Waals surface area contributed by atoms with Crippen molar-refractivity contribution < 1.29 is 18.7 Å². The minimum absolute atomic E-state index is 0.0234. The molecule has 0 aliphatic carbocycles. The Hall–Kier alpha value is -3.33. The summed E-state index contributed by atoms with van der Waals surface area (Å²) in [4.78, 5) is 28.0. The summed E-state index contributed by atoms with van der Waals surface area (Å²) >= 11 is 0.996. The second kappa shape index (κ2) is 9.22. The molecule has 0 aliphatic rings. The van der Waals surface area contributed by atoms with Gasteiger partial charge in [0, 0.05) is 10.9 Å². The van der Waals surface area contributed by atoms with Crippen molar-refractivity contribution >= 4 is 29.0 Å². The van der Waals surface area contributed by atoms with Crippen LogP contribution in [0.3, 0.4) is 0 Å². The van der Waals surface area contributed by atoms with E-state index < -0.39 is 29.2 Å². The Labute approximate surface area is 184 Å². The highest BCUT2D eigenvalue weighted by Gasteiger charge is 2.37. The number of methoxy groups -OCH3 is 1. The SMILES string of the molecule is COc1ccc([C@H](C(=O)NC(C)(C)C)N(C(=O)c2csnn2)c2ccccc2F)cc1. The third kappa shape index (κ3) is 5.24. The maximum atomic E-state index is 14.9. The van der Waals surface area contributed by atoms with E-state index in [1.165, 1.54) is 30.7 Å². The molecule has 162 valence electrons. The van der Waals surface area contributed by atoms with E-state index in [9.17, 15) is 14.0 Å². The van der Waals surface area contributed by atoms with Crippen molar-refractivity contribution in [3.05, 3.63) is 71.0 Å². The van der Waals surface area contributed by atoms with Crippen LogP contribution in [0.4, 0.5) is 10.1 Å². The lowest BCUT2D eigenvalue weighted by molar-refractivity contribution is -0.123. The van der Waals surface area contributed by atoms with E-state index in [2.05, 4.69) is 14.9 Å². The van der Waals surface area contributed by atoms with Crippen LogP contribution in [-0.2, 0) is 4.79 Å². The average Bonchev–Trinajstić information content (AvgIpc) is 3.26. The van der Waals surface area contributed by atoms with Crippen LogP contribution < -0.4 is 15.0 Å². The Bertz CT molecular complexity index is 1050. The van der Waals surface area contributed by atoms with Gasteiger partial charge in [-0.1, -0.05) is 28.8 Å². The molecular formula is C22H23FN4O3S. The number of hydrogen-bond donors (Lipinski definition) is 1. The average molecular weight is 443 g/mol. The summed E-state index contributed by atoms with van der Waals surface area (Å²) in [6, 6.07) is 11.4. The lowest BCUT2D eigenvalue weighted by atomic mass is 10.00. The molecule has 7 nitrogen and oxygen atoms in total. The topological polar surface area (TPSA) is 84.4 Å². The quantitative estimate of drug-likeness (QED) is 0.624. The third-order valence-electron chi connectivity index (χ3n) is 4.35. The number of nitrogens with one attached hydrogen (secondary N) is 1. The molecule has 0 saturated heterocycles. The van der Waals surface area contributed by atoms with Crippen LogP contribution in [0.15, 0.2) is 53.9 Å². The number of benzene rings is 2. The lowest BCUT2D eigenvalue weighted by Gasteiger charge is -2.33. The molecule has 2 aromatic carbocycles. The van der Waals surface area contributed by atoms with E-state index in [0.717, 1.165) is 16.4 Å². The van der Waals surface area contributed by atoms with Gasteiger partial charge in [-0.05, 0) is 62.1 Å². The number of anilines is 1. The van der Waals surface area contributed by atoms with Crippen molar-refractivity contribution in [2.45, 2.75) is 32.4 Å². The Morgan fingerprint density at radius 3 is 2.35 bits per heavy atom. The molecule has 0 spiro atoms. The van der Waals surface area contributed by atoms with E-state index in [1.807, 2.05) is 20.8 Å². The Morgan fingerprint density at radius 1 is 1.13 bits per heavy atom. The molecule has 1 aromatic heterocycles. The van der Waals surface area contributed by atoms with Gasteiger partial charge in [0.05, 0.1) is 12.8 Å². The molecular weight excluding hydrogens is 419 g/mol. The van der Waals surface area contributed by atoms with Crippen molar-refractivity contribution in [2.75, 3.05) is 12.0 Å². The number of nitrogens with zero attached hydrogens (tertiary/aromatic N) is 3. The molecule has 0 aliphatic heterocycles. The van der Waals surface area contributed by atoms with Gasteiger partial charge in [-0.3, -0.25) is 14.5 Å². The summed E-state index contributed by atoms with van der Waals surface area (Å²) < 4.78 is 23.8. The fourth-order valence-corrected chi connectivity index (χ4v) is 3.47. The van der Waals surface area contributed by atoms with E-state index >= 15 is 0 Å². The molecule has 31 heavy (non-hydrogen) atoms. The summed E-state index contributed by atoms with van der Waals surface area (Å²) in [6.07, 6.45) is 0. The standard InChI is InChI=1S/C22H23FN4O3S/c1-22(2,3)24-20(28)19(14-9-11-15(30-4)12-10-14)27(18-8-6-5-7-16(18)23)21(29)17-13-31-26-25-17/h5-13,19H,1-4H3,(H,24,28)/t19-/m1/s1. The molecule has 0 radical (unpaired) electrons. The van der Waals surface area contributed by atoms with E-state index in [-0.39, 0.29) is 11.4 Å². The molecule has 0 saturated carbocycles. The van der Waals surface area contributed by atoms with Gasteiger partial charge >= 0.3 is 0 Å². The van der Waals surface area contributed by atoms with Gasteiger partial charge in [0.25, 0.3) is 5.91 Å². The first kappa shape index (κ1) is 22.4. The second-order valence-corrected chi connectivity index (χ2v) is 8.44. The third-order valence-corrected chi connectivity index (χ3v) is 4.85. The molecule has 1 N–H and O–H groups in total. The van der Waals surface area contributed by atoms with Gasteiger partial charge in [0.15, 0.2) is 5.69 Å². The normalized spacial score (nSPS) is 12.2. The van der Waals surface area contributed by atoms with Crippen molar-refractivity contribution in [1.82, 2.24) is 14.9 Å². The number of amides is 2. The van der Waals surface area contributed by atoms with Gasteiger partial charge in [-0.15, -0.1) is 5.10 Å². The van der Waals surface area contributed by atoms with Crippen LogP contribution in [0.5, 0.6) is 5.75 Å². The second-order valence-electron chi connectivity index (χ2n) is 7.83. The molecule has 9 heteroatoms. The largest absolute Gasteiger partial charge is 0.497 e. The van der Waals surface area contributed by atoms with Gasteiger partial charge in [-0.2, -0.15) is 0 Å². The summed E-state index contributed by atoms with van der Waals surface area (Å²) in [5.41, 5.74) is -0.100. The number of hydrogen-bond acceptors (Lipinski definition) is 6. The molecule has 0 fully saturated rings. The van der Waals surface area contributed by atoms with Gasteiger partial charge in [0.2, 0.25) is 5.91 Å². The van der Waals surface area contributed by atoms with E-state index in [0.29, 0.717) is 11.3 Å². The minimum atomic E-state index is -1.16. The highest BCUT2D eigenvalue weighted by Crippen LogP contribution is 2.32. The zero-order chi connectivity index (χ0) is 22.6. The zero-order valence-corrected chi connectivity index (χ0v) is 18.4. The number of carbonyl (C=O) groups is 2. The van der Waals surface area contributed by atoms with Crippen molar-refractivity contribution in [2.24, 2.45) is 0 Å². The zero-order valence-electron chi connectivity index (χ0n) is 17.6. The predicted octanol–water partition coefficient (Wildman–Crippen LogP) is 3.99. The predicted molar refractivity (Wildman–Crippen MR) is 117 cm³/mol. The Kier molecular flexibility index (Phi) is 6.65. The lowest BCUT2D eigenvalue weighted by Crippen LogP contribution is -2.49. The molecule has 3 rings (SSSR count). The fourth-order valence-electron chi connectivity index (χ4n) is 3.04. The highest BCUT2D eigenvalue weighted by atomic mass is 32.1. The highest BCUT2D eigenvalue weighted by molar-refractivity contribution is 7.03. The summed E-state index contributed by atoms with van der Waals surface area (Å²) in [6.45, 7) is 5.49. The first-order chi connectivity index (χ1) is 14.7. The summed E-state index contributed by atoms with van der Waals surface area (Å²) in [5.74, 6) is -1.14. The number of carbonyl (C=O) groups excluding carboxylic acids is 2. The Morgan fingerprint density at radius 2 is 1.81 bits per heavy atom. The summed E-state index contributed by atoms with van der Waals surface area (Å²) in [7, 11) is 1.53. The summed E-state index contributed by atoms with van der Waals surface area (Å²) in [5, 5.41) is 8.19. The fraction of sp³-hybridized carbons (Fsp3) is 0.273. The van der Waals surface area contributed by atoms with Crippen molar-refractivity contribution in [1.29, 1.82) is 0 Å². The van der Waals surface area contributed by atoms with Crippen LogP contribution in [-0.4, -0.2) is 34.1 Å². The first-order valence-corrected chi connectivity index (χ1v) is 10.4. The number of halogens is 1. The number of ether oxygens (including phenoxy) is 1. The molecule has 1 heterocycles. The van der Waals surface area contributed by atoms with Crippen LogP contribution in [0.2, 0.25) is 0 Å². The van der Waals surface area contributed by atoms with E-state index in [1.54, 1.807) is 30.3 Å². The number of para-hydroxylation sites is 1. The molecule has 2 amide bonds. The monoisotopic (exact) mass is 442 g/mol. The smallest absolute Gasteiger partial charge is 0.280 e. The molecule has 3 aromatic rings. The number of rotatable bonds is 6. The molecule has 0 unspecified atom stereocenters. The van der Waals surface area contributed by atoms with Crippen molar-refractivity contribution in [3.63, 3.8) is 0 Å². The van der Waals surface area contributed by atoms with Gasteiger partial charge < -0.3 is 10.1 Å². The van der Waals surface area contributed by atoms with E-state index in [4.69, 9.17) is 4.74 Å². The van der Waals surface area contributed by atoms with Crippen LogP contribution in [0.25, 0.3) is 0 Å². The number of aromatic nitrogens is 2. The van der Waals surface area contributed by atoms with Crippen LogP contribution in [0.1, 0.15) is 42.9 Å². The van der Waals surface area contributed by atoms with Gasteiger partial charge in [0.1, 0.15) is 17.6 Å². The Balaban J connectivity index is 2.19. The molecule has 1 atom stereocenters. The maximum absolute atomic E-state index is 14.9. The van der Waals surface area contributed by atoms with Crippen molar-refractivity contribution in [3.8, 4) is 5.75 Å². The molecule has 0 bridgehead atoms. The maximum Gasteiger partial charge on any atom is 0.280 e. The van der Waals surface area contributed by atoms with Gasteiger partial charge in [-0.25, -0.2) is 4.39 Å². The first-order valence-electron chi connectivity index (χ1n) is 9.52. The van der Waals surface area contributed by atoms with Crippen LogP contribution in [0, 0.1) is 5.82 Å². The van der Waals surface area contributed by atoms with Crippen LogP contribution >= 0.6 is 11.5 Å². The minimum Gasteiger partial charge on any atom is -0.497 e.